The standard InChI is InChI=1S/C25H31ClFN3O4S/c1-18(25(32)28-21-8-4-3-5-9-21)29(16-19-12-14-20(26)15-13-19)24(31)17-30(35(2,33)34)23-11-7-6-10-22(23)27/h6-7,10-15,18,21H,3-5,8-9,16-17H2,1-2H3,(H,28,32)/t18-/m0/s1. The van der Waals surface area contributed by atoms with Crippen LogP contribution in [0.2, 0.25) is 5.02 Å². The Bertz CT molecular complexity index is 1140. The van der Waals surface area contributed by atoms with E-state index in [4.69, 9.17) is 11.6 Å². The Morgan fingerprint density at radius 1 is 1.09 bits per heavy atom. The summed E-state index contributed by atoms with van der Waals surface area (Å²) in [6.07, 6.45) is 5.91. The van der Waals surface area contributed by atoms with Gasteiger partial charge in [-0.3, -0.25) is 13.9 Å². The summed E-state index contributed by atoms with van der Waals surface area (Å²) >= 11 is 5.98. The van der Waals surface area contributed by atoms with Crippen molar-refractivity contribution >= 4 is 39.1 Å². The lowest BCUT2D eigenvalue weighted by atomic mass is 9.95. The third kappa shape index (κ3) is 7.41. The number of carbonyl (C=O) groups excluding carboxylic acids is 2. The van der Waals surface area contributed by atoms with E-state index >= 15 is 0 Å². The first kappa shape index (κ1) is 26.9. The van der Waals surface area contributed by atoms with Crippen LogP contribution >= 0.6 is 11.6 Å². The van der Waals surface area contributed by atoms with Gasteiger partial charge in [-0.25, -0.2) is 12.8 Å². The van der Waals surface area contributed by atoms with Crippen molar-refractivity contribution in [1.82, 2.24) is 10.2 Å². The molecule has 1 aliphatic rings. The Kier molecular flexibility index (Phi) is 9.13. The maximum Gasteiger partial charge on any atom is 0.244 e. The van der Waals surface area contributed by atoms with Crippen molar-refractivity contribution in [2.75, 3.05) is 17.1 Å². The fourth-order valence-electron chi connectivity index (χ4n) is 4.19. The Hall–Kier alpha value is -2.65. The Balaban J connectivity index is 1.87. The monoisotopic (exact) mass is 523 g/mol. The van der Waals surface area contributed by atoms with Gasteiger partial charge in [-0.05, 0) is 49.6 Å². The molecule has 0 aromatic heterocycles. The van der Waals surface area contributed by atoms with E-state index in [1.807, 2.05) is 0 Å². The average molecular weight is 524 g/mol. The second-order valence-electron chi connectivity index (χ2n) is 8.89. The number of halogens is 2. The Morgan fingerprint density at radius 3 is 2.31 bits per heavy atom. The quantitative estimate of drug-likeness (QED) is 0.536. The minimum atomic E-state index is -3.99. The van der Waals surface area contributed by atoms with E-state index in [1.54, 1.807) is 31.2 Å². The normalized spacial score (nSPS) is 15.3. The zero-order valence-electron chi connectivity index (χ0n) is 19.9. The third-order valence-electron chi connectivity index (χ3n) is 6.19. The molecule has 1 saturated carbocycles. The lowest BCUT2D eigenvalue weighted by Crippen LogP contribution is -2.53. The fourth-order valence-corrected chi connectivity index (χ4v) is 5.16. The van der Waals surface area contributed by atoms with Gasteiger partial charge in [-0.15, -0.1) is 0 Å². The first-order valence-electron chi connectivity index (χ1n) is 11.6. The van der Waals surface area contributed by atoms with Crippen LogP contribution < -0.4 is 9.62 Å². The summed E-state index contributed by atoms with van der Waals surface area (Å²) < 4.78 is 40.2. The Morgan fingerprint density at radius 2 is 1.71 bits per heavy atom. The number of para-hydroxylation sites is 1. The first-order valence-corrected chi connectivity index (χ1v) is 13.9. The molecule has 1 aliphatic carbocycles. The minimum absolute atomic E-state index is 0.0529. The van der Waals surface area contributed by atoms with Crippen molar-refractivity contribution in [3.63, 3.8) is 0 Å². The Labute approximate surface area is 211 Å². The number of hydrogen-bond acceptors (Lipinski definition) is 4. The molecule has 0 spiro atoms. The molecule has 190 valence electrons. The summed E-state index contributed by atoms with van der Waals surface area (Å²) in [5.41, 5.74) is 0.492. The van der Waals surface area contributed by atoms with Crippen LogP contribution in [-0.4, -0.2) is 50.0 Å². The molecule has 35 heavy (non-hydrogen) atoms. The molecule has 0 aliphatic heterocycles. The van der Waals surface area contributed by atoms with Crippen molar-refractivity contribution < 1.29 is 22.4 Å². The van der Waals surface area contributed by atoms with Gasteiger partial charge in [0.1, 0.15) is 18.4 Å². The summed E-state index contributed by atoms with van der Waals surface area (Å²) in [6, 6.07) is 11.4. The summed E-state index contributed by atoms with van der Waals surface area (Å²) in [4.78, 5) is 27.9. The van der Waals surface area contributed by atoms with Crippen LogP contribution in [0, 0.1) is 5.82 Å². The zero-order valence-corrected chi connectivity index (χ0v) is 21.5. The molecule has 0 unspecified atom stereocenters. The second kappa shape index (κ2) is 11.9. The molecule has 1 fully saturated rings. The fraction of sp³-hybridized carbons (Fsp3) is 0.440. The van der Waals surface area contributed by atoms with Crippen molar-refractivity contribution in [2.45, 2.75) is 57.7 Å². The van der Waals surface area contributed by atoms with Crippen molar-refractivity contribution in [2.24, 2.45) is 0 Å². The number of hydrogen-bond donors (Lipinski definition) is 1. The predicted molar refractivity (Wildman–Crippen MR) is 135 cm³/mol. The highest BCUT2D eigenvalue weighted by molar-refractivity contribution is 7.92. The van der Waals surface area contributed by atoms with Gasteiger partial charge in [0.2, 0.25) is 21.8 Å². The largest absolute Gasteiger partial charge is 0.352 e. The maximum absolute atomic E-state index is 14.4. The SMILES string of the molecule is C[C@@H](C(=O)NC1CCCCC1)N(Cc1ccc(Cl)cc1)C(=O)CN(c1ccccc1F)S(C)(=O)=O. The number of carbonyl (C=O) groups is 2. The minimum Gasteiger partial charge on any atom is -0.352 e. The number of sulfonamides is 1. The second-order valence-corrected chi connectivity index (χ2v) is 11.2. The van der Waals surface area contributed by atoms with Crippen molar-refractivity contribution in [3.8, 4) is 0 Å². The lowest BCUT2D eigenvalue weighted by molar-refractivity contribution is -0.139. The van der Waals surface area contributed by atoms with Crippen LogP contribution in [0.1, 0.15) is 44.6 Å². The zero-order chi connectivity index (χ0) is 25.6. The van der Waals surface area contributed by atoms with Gasteiger partial charge in [0, 0.05) is 17.6 Å². The molecule has 0 radical (unpaired) electrons. The predicted octanol–water partition coefficient (Wildman–Crippen LogP) is 4.11. The number of amides is 2. The van der Waals surface area contributed by atoms with Crippen molar-refractivity contribution in [3.05, 3.63) is 64.9 Å². The molecule has 3 rings (SSSR count). The summed E-state index contributed by atoms with van der Waals surface area (Å²) in [5, 5.41) is 3.55. The smallest absolute Gasteiger partial charge is 0.244 e. The highest BCUT2D eigenvalue weighted by atomic mass is 35.5. The highest BCUT2D eigenvalue weighted by Gasteiger charge is 2.31. The van der Waals surface area contributed by atoms with Gasteiger partial charge in [0.05, 0.1) is 11.9 Å². The summed E-state index contributed by atoms with van der Waals surface area (Å²) in [5.74, 6) is -1.70. The highest BCUT2D eigenvalue weighted by Crippen LogP contribution is 2.23. The molecule has 0 heterocycles. The maximum atomic E-state index is 14.4. The molecule has 0 bridgehead atoms. The first-order chi connectivity index (χ1) is 16.6. The summed E-state index contributed by atoms with van der Waals surface area (Å²) in [6.45, 7) is 1.03. The van der Waals surface area contributed by atoms with Crippen LogP contribution in [0.5, 0.6) is 0 Å². The van der Waals surface area contributed by atoms with E-state index in [0.717, 1.165) is 54.3 Å². The van der Waals surface area contributed by atoms with Crippen LogP contribution in [-0.2, 0) is 26.2 Å². The molecular formula is C25H31ClFN3O4S. The molecule has 7 nitrogen and oxygen atoms in total. The van der Waals surface area contributed by atoms with E-state index in [0.29, 0.717) is 5.02 Å². The topological polar surface area (TPSA) is 86.8 Å². The van der Waals surface area contributed by atoms with Gasteiger partial charge in [-0.1, -0.05) is 55.1 Å². The van der Waals surface area contributed by atoms with E-state index < -0.39 is 34.3 Å². The van der Waals surface area contributed by atoms with Crippen molar-refractivity contribution in [1.29, 1.82) is 0 Å². The molecule has 1 N–H and O–H groups in total. The lowest BCUT2D eigenvalue weighted by Gasteiger charge is -2.33. The molecule has 0 saturated heterocycles. The van der Waals surface area contributed by atoms with Gasteiger partial charge >= 0.3 is 0 Å². The molecule has 1 atom stereocenters. The van der Waals surface area contributed by atoms with E-state index in [2.05, 4.69) is 5.32 Å². The van der Waals surface area contributed by atoms with Gasteiger partial charge < -0.3 is 10.2 Å². The molecule has 2 amide bonds. The van der Waals surface area contributed by atoms with Gasteiger partial charge in [-0.2, -0.15) is 0 Å². The molecular weight excluding hydrogens is 493 g/mol. The third-order valence-corrected chi connectivity index (χ3v) is 7.56. The van der Waals surface area contributed by atoms with E-state index in [-0.39, 0.29) is 24.2 Å². The number of nitrogens with one attached hydrogen (secondary N) is 1. The van der Waals surface area contributed by atoms with E-state index in [1.165, 1.54) is 23.1 Å². The van der Waals surface area contributed by atoms with E-state index in [9.17, 15) is 22.4 Å². The average Bonchev–Trinajstić information content (AvgIpc) is 2.82. The van der Waals surface area contributed by atoms with Gasteiger partial charge in [0.25, 0.3) is 0 Å². The summed E-state index contributed by atoms with van der Waals surface area (Å²) in [7, 11) is -3.99. The number of rotatable bonds is 9. The number of benzene rings is 2. The molecule has 10 heteroatoms. The molecule has 2 aromatic rings. The molecule has 2 aromatic carbocycles. The number of nitrogens with zero attached hydrogens (tertiary/aromatic N) is 2. The van der Waals surface area contributed by atoms with Crippen LogP contribution in [0.15, 0.2) is 48.5 Å². The van der Waals surface area contributed by atoms with Crippen LogP contribution in [0.25, 0.3) is 0 Å². The number of anilines is 1. The van der Waals surface area contributed by atoms with Gasteiger partial charge in [0.15, 0.2) is 0 Å². The van der Waals surface area contributed by atoms with Crippen LogP contribution in [0.4, 0.5) is 10.1 Å². The van der Waals surface area contributed by atoms with Crippen LogP contribution in [0.3, 0.4) is 0 Å².